The molecule has 0 aromatic heterocycles. The van der Waals surface area contributed by atoms with E-state index in [-0.39, 0.29) is 11.9 Å². The predicted molar refractivity (Wildman–Crippen MR) is 97.5 cm³/mol. The van der Waals surface area contributed by atoms with Gasteiger partial charge in [0.15, 0.2) is 0 Å². The first kappa shape index (κ1) is 16.8. The monoisotopic (exact) mass is 326 g/mol. The van der Waals surface area contributed by atoms with Crippen molar-refractivity contribution in [3.05, 3.63) is 48.0 Å². The molecule has 24 heavy (non-hydrogen) atoms. The van der Waals surface area contributed by atoms with Gasteiger partial charge in [-0.15, -0.1) is 0 Å². The topological polar surface area (TPSA) is 44.7 Å². The van der Waals surface area contributed by atoms with Crippen molar-refractivity contribution in [1.82, 2.24) is 10.2 Å². The lowest BCUT2D eigenvalue weighted by atomic mass is 10.0. The molecule has 4 nitrogen and oxygen atoms in total. The Balaban J connectivity index is 1.90. The van der Waals surface area contributed by atoms with Gasteiger partial charge in [-0.1, -0.05) is 12.1 Å². The Bertz CT molecular complexity index is 679. The quantitative estimate of drug-likeness (QED) is 0.885. The van der Waals surface area contributed by atoms with E-state index in [0.29, 0.717) is 0 Å². The highest BCUT2D eigenvalue weighted by Crippen LogP contribution is 2.29. The number of ether oxygens (including phenoxy) is 1. The number of phenolic OH excluding ortho intramolecular Hbond substituents is 1. The van der Waals surface area contributed by atoms with Gasteiger partial charge in [-0.25, -0.2) is 0 Å². The van der Waals surface area contributed by atoms with Crippen molar-refractivity contribution < 1.29 is 9.84 Å². The van der Waals surface area contributed by atoms with Gasteiger partial charge in [0.2, 0.25) is 0 Å². The first-order chi connectivity index (χ1) is 11.6. The largest absolute Gasteiger partial charge is 0.508 e. The highest BCUT2D eigenvalue weighted by molar-refractivity contribution is 5.67. The summed E-state index contributed by atoms with van der Waals surface area (Å²) in [4.78, 5) is 2.46. The molecule has 0 radical (unpaired) electrons. The van der Waals surface area contributed by atoms with Gasteiger partial charge in [0, 0.05) is 32.7 Å². The molecule has 128 valence electrons. The van der Waals surface area contributed by atoms with Crippen LogP contribution in [-0.4, -0.2) is 42.3 Å². The molecular formula is C20H26N2O2. The standard InChI is InChI=1S/C20H26N2O2/c1-15(2)24-20-11-16(14-22-8-6-21-7-9-22)10-18(13-20)17-4-3-5-19(23)12-17/h3-5,10-13,15,21,23H,6-9,14H2,1-2H3. The molecule has 2 aromatic rings. The van der Waals surface area contributed by atoms with Crippen molar-refractivity contribution in [1.29, 1.82) is 0 Å². The molecule has 0 atom stereocenters. The van der Waals surface area contributed by atoms with Crippen LogP contribution in [-0.2, 0) is 6.54 Å². The lowest BCUT2D eigenvalue weighted by Gasteiger charge is -2.27. The number of rotatable bonds is 5. The van der Waals surface area contributed by atoms with Gasteiger partial charge in [0.05, 0.1) is 6.10 Å². The zero-order valence-electron chi connectivity index (χ0n) is 14.5. The van der Waals surface area contributed by atoms with E-state index < -0.39 is 0 Å². The number of nitrogens with zero attached hydrogens (tertiary/aromatic N) is 1. The molecule has 3 rings (SSSR count). The Hall–Kier alpha value is -2.04. The van der Waals surface area contributed by atoms with Crippen LogP contribution in [0.5, 0.6) is 11.5 Å². The number of aromatic hydroxyl groups is 1. The van der Waals surface area contributed by atoms with Crippen molar-refractivity contribution in [2.75, 3.05) is 26.2 Å². The molecule has 0 amide bonds. The van der Waals surface area contributed by atoms with E-state index in [1.165, 1.54) is 5.56 Å². The summed E-state index contributed by atoms with van der Waals surface area (Å²) in [5, 5.41) is 13.2. The third-order valence-electron chi connectivity index (χ3n) is 4.13. The van der Waals surface area contributed by atoms with E-state index >= 15 is 0 Å². The zero-order valence-corrected chi connectivity index (χ0v) is 14.5. The summed E-state index contributed by atoms with van der Waals surface area (Å²) in [7, 11) is 0. The minimum absolute atomic E-state index is 0.136. The normalized spacial score (nSPS) is 15.6. The number of piperazine rings is 1. The molecule has 0 saturated carbocycles. The van der Waals surface area contributed by atoms with Gasteiger partial charge >= 0.3 is 0 Å². The second-order valence-electron chi connectivity index (χ2n) is 6.61. The van der Waals surface area contributed by atoms with Gasteiger partial charge in [-0.2, -0.15) is 0 Å². The van der Waals surface area contributed by atoms with Crippen LogP contribution in [0.4, 0.5) is 0 Å². The van der Waals surface area contributed by atoms with E-state index in [1.807, 2.05) is 26.0 Å². The maximum Gasteiger partial charge on any atom is 0.120 e. The molecule has 0 spiro atoms. The average molecular weight is 326 g/mol. The Kier molecular flexibility index (Phi) is 5.38. The van der Waals surface area contributed by atoms with Crippen LogP contribution in [0.2, 0.25) is 0 Å². The fourth-order valence-electron chi connectivity index (χ4n) is 3.07. The highest BCUT2D eigenvalue weighted by Gasteiger charge is 2.12. The van der Waals surface area contributed by atoms with Crippen LogP contribution >= 0.6 is 0 Å². The van der Waals surface area contributed by atoms with Crippen LogP contribution in [0, 0.1) is 0 Å². The molecule has 0 aliphatic carbocycles. The third-order valence-corrected chi connectivity index (χ3v) is 4.13. The lowest BCUT2D eigenvalue weighted by molar-refractivity contribution is 0.229. The summed E-state index contributed by atoms with van der Waals surface area (Å²) in [5.74, 6) is 1.17. The maximum absolute atomic E-state index is 9.77. The molecule has 1 saturated heterocycles. The summed E-state index contributed by atoms with van der Waals surface area (Å²) in [6.07, 6.45) is 0.136. The molecule has 1 fully saturated rings. The summed E-state index contributed by atoms with van der Waals surface area (Å²) in [5.41, 5.74) is 3.33. The summed E-state index contributed by atoms with van der Waals surface area (Å²) >= 11 is 0. The Morgan fingerprint density at radius 3 is 2.58 bits per heavy atom. The molecule has 1 aliphatic rings. The molecule has 0 unspecified atom stereocenters. The molecule has 1 aliphatic heterocycles. The number of nitrogens with one attached hydrogen (secondary N) is 1. The second kappa shape index (κ2) is 7.69. The molecule has 2 aromatic carbocycles. The number of benzene rings is 2. The lowest BCUT2D eigenvalue weighted by Crippen LogP contribution is -2.42. The van der Waals surface area contributed by atoms with Gasteiger partial charge in [-0.3, -0.25) is 4.90 Å². The van der Waals surface area contributed by atoms with Crippen molar-refractivity contribution >= 4 is 0 Å². The fourth-order valence-corrected chi connectivity index (χ4v) is 3.07. The van der Waals surface area contributed by atoms with Crippen LogP contribution in [0.3, 0.4) is 0 Å². The van der Waals surface area contributed by atoms with E-state index in [2.05, 4.69) is 28.4 Å². The SMILES string of the molecule is CC(C)Oc1cc(CN2CCNCC2)cc(-c2cccc(O)c2)c1. The van der Waals surface area contributed by atoms with Gasteiger partial charge < -0.3 is 15.2 Å². The Morgan fingerprint density at radius 1 is 1.08 bits per heavy atom. The van der Waals surface area contributed by atoms with E-state index in [0.717, 1.165) is 49.6 Å². The number of phenols is 1. The fraction of sp³-hybridized carbons (Fsp3) is 0.400. The molecular weight excluding hydrogens is 300 g/mol. The van der Waals surface area contributed by atoms with Crippen LogP contribution < -0.4 is 10.1 Å². The minimum atomic E-state index is 0.136. The van der Waals surface area contributed by atoms with E-state index in [4.69, 9.17) is 4.74 Å². The summed E-state index contributed by atoms with van der Waals surface area (Å²) in [6, 6.07) is 13.8. The molecule has 4 heteroatoms. The minimum Gasteiger partial charge on any atom is -0.508 e. The summed E-state index contributed by atoms with van der Waals surface area (Å²) in [6.45, 7) is 9.22. The van der Waals surface area contributed by atoms with Crippen LogP contribution in [0.1, 0.15) is 19.4 Å². The Morgan fingerprint density at radius 2 is 1.88 bits per heavy atom. The first-order valence-electron chi connectivity index (χ1n) is 8.63. The summed E-state index contributed by atoms with van der Waals surface area (Å²) < 4.78 is 5.94. The first-order valence-corrected chi connectivity index (χ1v) is 8.63. The Labute approximate surface area is 144 Å². The average Bonchev–Trinajstić information content (AvgIpc) is 2.55. The van der Waals surface area contributed by atoms with Crippen molar-refractivity contribution in [2.24, 2.45) is 0 Å². The van der Waals surface area contributed by atoms with Crippen molar-refractivity contribution in [3.8, 4) is 22.6 Å². The third kappa shape index (κ3) is 4.49. The van der Waals surface area contributed by atoms with Gasteiger partial charge in [0.1, 0.15) is 11.5 Å². The van der Waals surface area contributed by atoms with E-state index in [1.54, 1.807) is 12.1 Å². The smallest absolute Gasteiger partial charge is 0.120 e. The van der Waals surface area contributed by atoms with Gasteiger partial charge in [-0.05, 0) is 60.9 Å². The second-order valence-corrected chi connectivity index (χ2v) is 6.61. The predicted octanol–water partition coefficient (Wildman–Crippen LogP) is 3.25. The molecule has 0 bridgehead atoms. The van der Waals surface area contributed by atoms with Crippen molar-refractivity contribution in [3.63, 3.8) is 0 Å². The molecule has 1 heterocycles. The number of hydrogen-bond acceptors (Lipinski definition) is 4. The van der Waals surface area contributed by atoms with E-state index in [9.17, 15) is 5.11 Å². The van der Waals surface area contributed by atoms with Gasteiger partial charge in [0.25, 0.3) is 0 Å². The van der Waals surface area contributed by atoms with Crippen molar-refractivity contribution in [2.45, 2.75) is 26.5 Å². The zero-order chi connectivity index (χ0) is 16.9. The van der Waals surface area contributed by atoms with Crippen LogP contribution in [0.25, 0.3) is 11.1 Å². The molecule has 2 N–H and O–H groups in total. The van der Waals surface area contributed by atoms with Crippen LogP contribution in [0.15, 0.2) is 42.5 Å². The number of hydrogen-bond donors (Lipinski definition) is 2. The highest BCUT2D eigenvalue weighted by atomic mass is 16.5. The maximum atomic E-state index is 9.77.